The zero-order valence-corrected chi connectivity index (χ0v) is 8.70. The van der Waals surface area contributed by atoms with Crippen LogP contribution in [0.3, 0.4) is 0 Å². The largest absolute Gasteiger partial charge is 0.366 e. The molecule has 0 heterocycles. The molecule has 0 saturated carbocycles. The molecule has 2 nitrogen and oxygen atoms in total. The molecular weight excluding hydrogens is 160 g/mol. The molecular formula is C11H16N2. The molecule has 0 spiro atoms. The number of hydrogen-bond donors (Lipinski definition) is 0. The van der Waals surface area contributed by atoms with Crippen LogP contribution in [0.1, 0.15) is 12.5 Å². The van der Waals surface area contributed by atoms with E-state index in [0.29, 0.717) is 0 Å². The summed E-state index contributed by atoms with van der Waals surface area (Å²) in [6.45, 7) is 4.08. The minimum atomic E-state index is 1.01. The minimum Gasteiger partial charge on any atom is -0.366 e. The maximum absolute atomic E-state index is 4.44. The molecule has 1 aromatic carbocycles. The van der Waals surface area contributed by atoms with E-state index in [1.807, 2.05) is 38.1 Å². The van der Waals surface area contributed by atoms with Gasteiger partial charge in [-0.1, -0.05) is 17.7 Å². The second-order valence-electron chi connectivity index (χ2n) is 3.39. The first-order valence-corrected chi connectivity index (χ1v) is 4.39. The Kier molecular flexibility index (Phi) is 3.07. The van der Waals surface area contributed by atoms with Gasteiger partial charge < -0.3 is 4.90 Å². The molecule has 0 bridgehead atoms. The summed E-state index contributed by atoms with van der Waals surface area (Å²) in [5.41, 5.74) is 2.28. The van der Waals surface area contributed by atoms with Crippen LogP contribution in [0, 0.1) is 6.92 Å². The predicted octanol–water partition coefficient (Wildman–Crippen LogP) is 2.61. The van der Waals surface area contributed by atoms with Crippen LogP contribution < -0.4 is 0 Å². The first-order chi connectivity index (χ1) is 6.09. The van der Waals surface area contributed by atoms with E-state index in [4.69, 9.17) is 0 Å². The van der Waals surface area contributed by atoms with Crippen molar-refractivity contribution in [2.45, 2.75) is 13.8 Å². The van der Waals surface area contributed by atoms with Gasteiger partial charge in [-0.2, -0.15) is 0 Å². The molecule has 13 heavy (non-hydrogen) atoms. The van der Waals surface area contributed by atoms with Crippen molar-refractivity contribution in [3.8, 4) is 0 Å². The minimum absolute atomic E-state index is 1.01. The van der Waals surface area contributed by atoms with E-state index in [2.05, 4.69) is 24.0 Å². The highest BCUT2D eigenvalue weighted by Gasteiger charge is 1.93. The second-order valence-corrected chi connectivity index (χ2v) is 3.39. The number of nitrogens with zero attached hydrogens (tertiary/aromatic N) is 2. The fourth-order valence-corrected chi connectivity index (χ4v) is 0.906. The van der Waals surface area contributed by atoms with Gasteiger partial charge >= 0.3 is 0 Å². The molecule has 0 saturated heterocycles. The molecule has 1 rings (SSSR count). The van der Waals surface area contributed by atoms with Crippen molar-refractivity contribution in [3.05, 3.63) is 29.8 Å². The lowest BCUT2D eigenvalue weighted by Crippen LogP contribution is -2.17. The number of aliphatic imine (C=N–C) groups is 1. The summed E-state index contributed by atoms with van der Waals surface area (Å²) >= 11 is 0. The van der Waals surface area contributed by atoms with Gasteiger partial charge in [0.1, 0.15) is 5.84 Å². The van der Waals surface area contributed by atoms with E-state index in [0.717, 1.165) is 11.5 Å². The van der Waals surface area contributed by atoms with Crippen LogP contribution in [0.25, 0.3) is 0 Å². The van der Waals surface area contributed by atoms with Crippen LogP contribution >= 0.6 is 0 Å². The summed E-state index contributed by atoms with van der Waals surface area (Å²) in [5, 5.41) is 0. The Balaban J connectivity index is 2.85. The normalized spacial score (nSPS) is 11.5. The number of benzene rings is 1. The van der Waals surface area contributed by atoms with Gasteiger partial charge in [0.25, 0.3) is 0 Å². The van der Waals surface area contributed by atoms with Gasteiger partial charge in [0.15, 0.2) is 0 Å². The van der Waals surface area contributed by atoms with Gasteiger partial charge in [0.2, 0.25) is 0 Å². The van der Waals surface area contributed by atoms with E-state index in [-0.39, 0.29) is 0 Å². The van der Waals surface area contributed by atoms with Crippen LogP contribution in [0.15, 0.2) is 29.3 Å². The van der Waals surface area contributed by atoms with Crippen molar-refractivity contribution in [1.29, 1.82) is 0 Å². The third kappa shape index (κ3) is 2.90. The van der Waals surface area contributed by atoms with Gasteiger partial charge in [0, 0.05) is 14.1 Å². The highest BCUT2D eigenvalue weighted by atomic mass is 15.1. The molecule has 0 N–H and O–H groups in total. The molecule has 70 valence electrons. The maximum atomic E-state index is 4.44. The fraction of sp³-hybridized carbons (Fsp3) is 0.364. The lowest BCUT2D eigenvalue weighted by atomic mass is 10.2. The molecule has 0 aliphatic carbocycles. The number of aryl methyl sites for hydroxylation is 1. The van der Waals surface area contributed by atoms with Gasteiger partial charge in [-0.05, 0) is 26.0 Å². The molecule has 0 aliphatic rings. The Morgan fingerprint density at radius 3 is 2.15 bits per heavy atom. The lowest BCUT2D eigenvalue weighted by Gasteiger charge is -2.10. The zero-order chi connectivity index (χ0) is 9.84. The highest BCUT2D eigenvalue weighted by molar-refractivity contribution is 5.81. The summed E-state index contributed by atoms with van der Waals surface area (Å²) in [6, 6.07) is 8.20. The van der Waals surface area contributed by atoms with Crippen molar-refractivity contribution in [2.24, 2.45) is 4.99 Å². The quantitative estimate of drug-likeness (QED) is 0.474. The number of rotatable bonds is 1. The predicted molar refractivity (Wildman–Crippen MR) is 57.6 cm³/mol. The van der Waals surface area contributed by atoms with E-state index in [1.54, 1.807) is 0 Å². The molecule has 2 heteroatoms. The first kappa shape index (κ1) is 9.78. The van der Waals surface area contributed by atoms with Gasteiger partial charge in [0.05, 0.1) is 5.69 Å². The van der Waals surface area contributed by atoms with Gasteiger partial charge in [-0.15, -0.1) is 0 Å². The number of amidine groups is 1. The average molecular weight is 176 g/mol. The van der Waals surface area contributed by atoms with Crippen LogP contribution in [-0.2, 0) is 0 Å². The van der Waals surface area contributed by atoms with E-state index >= 15 is 0 Å². The summed E-state index contributed by atoms with van der Waals surface area (Å²) in [5.74, 6) is 1.02. The molecule has 0 atom stereocenters. The Morgan fingerprint density at radius 2 is 1.69 bits per heavy atom. The van der Waals surface area contributed by atoms with Gasteiger partial charge in [-0.25, -0.2) is 4.99 Å². The lowest BCUT2D eigenvalue weighted by molar-refractivity contribution is 0.619. The third-order valence-electron chi connectivity index (χ3n) is 1.97. The van der Waals surface area contributed by atoms with Crippen molar-refractivity contribution in [1.82, 2.24) is 4.90 Å². The topological polar surface area (TPSA) is 15.6 Å². The monoisotopic (exact) mass is 176 g/mol. The summed E-state index contributed by atoms with van der Waals surface area (Å²) in [4.78, 5) is 6.44. The van der Waals surface area contributed by atoms with Crippen LogP contribution in [0.2, 0.25) is 0 Å². The zero-order valence-electron chi connectivity index (χ0n) is 8.70. The van der Waals surface area contributed by atoms with Crippen LogP contribution in [0.4, 0.5) is 5.69 Å². The SMILES string of the molecule is CC(=Nc1ccc(C)cc1)N(C)C. The van der Waals surface area contributed by atoms with Crippen molar-refractivity contribution in [2.75, 3.05) is 14.1 Å². The Morgan fingerprint density at radius 1 is 1.15 bits per heavy atom. The first-order valence-electron chi connectivity index (χ1n) is 4.39. The fourth-order valence-electron chi connectivity index (χ4n) is 0.906. The molecule has 0 unspecified atom stereocenters. The molecule has 1 aromatic rings. The smallest absolute Gasteiger partial charge is 0.101 e. The average Bonchev–Trinajstić information content (AvgIpc) is 2.08. The highest BCUT2D eigenvalue weighted by Crippen LogP contribution is 2.12. The van der Waals surface area contributed by atoms with Crippen molar-refractivity contribution >= 4 is 11.5 Å². The van der Waals surface area contributed by atoms with E-state index < -0.39 is 0 Å². The molecule has 0 fully saturated rings. The molecule has 0 aromatic heterocycles. The molecule has 0 amide bonds. The standard InChI is InChI=1S/C11H16N2/c1-9-5-7-11(8-6-9)12-10(2)13(3)4/h5-8H,1-4H3. The van der Waals surface area contributed by atoms with E-state index in [1.165, 1.54) is 5.56 Å². The maximum Gasteiger partial charge on any atom is 0.101 e. The van der Waals surface area contributed by atoms with Gasteiger partial charge in [-0.3, -0.25) is 0 Å². The van der Waals surface area contributed by atoms with Crippen LogP contribution in [0.5, 0.6) is 0 Å². The summed E-state index contributed by atoms with van der Waals surface area (Å²) in [6.07, 6.45) is 0. The Bertz CT molecular complexity index is 296. The molecule has 0 radical (unpaired) electrons. The third-order valence-corrected chi connectivity index (χ3v) is 1.97. The van der Waals surface area contributed by atoms with Crippen molar-refractivity contribution in [3.63, 3.8) is 0 Å². The van der Waals surface area contributed by atoms with E-state index in [9.17, 15) is 0 Å². The Labute approximate surface area is 79.9 Å². The number of hydrogen-bond acceptors (Lipinski definition) is 1. The summed E-state index contributed by atoms with van der Waals surface area (Å²) < 4.78 is 0. The summed E-state index contributed by atoms with van der Waals surface area (Å²) in [7, 11) is 3.99. The Hall–Kier alpha value is -1.31. The van der Waals surface area contributed by atoms with Crippen LogP contribution in [-0.4, -0.2) is 24.8 Å². The second kappa shape index (κ2) is 4.08. The molecule has 0 aliphatic heterocycles. The van der Waals surface area contributed by atoms with Crippen molar-refractivity contribution < 1.29 is 0 Å².